The summed E-state index contributed by atoms with van der Waals surface area (Å²) < 4.78 is 25.2. The van der Waals surface area contributed by atoms with Crippen molar-refractivity contribution >= 4 is 110 Å². The molecule has 0 unspecified atom stereocenters. The number of pyridine rings is 3. The van der Waals surface area contributed by atoms with Crippen molar-refractivity contribution in [2.45, 2.75) is 103 Å². The molecule has 1 amide bonds. The average molecular weight is 1390 g/mol. The molecule has 0 fully saturated rings. The van der Waals surface area contributed by atoms with E-state index in [1.54, 1.807) is 103 Å². The number of ether oxygens (including phenoxy) is 5. The van der Waals surface area contributed by atoms with E-state index in [2.05, 4.69) is 45.1 Å². The Balaban J connectivity index is 0.000000298. The minimum absolute atomic E-state index is 0.00948. The van der Waals surface area contributed by atoms with Crippen LogP contribution in [0.25, 0.3) is 20.9 Å². The molecule has 3 N–H and O–H groups in total. The number of carbonyl (C=O) groups excluding carboxylic acids is 7. The van der Waals surface area contributed by atoms with Crippen LogP contribution in [0.4, 0.5) is 11.4 Å². The lowest BCUT2D eigenvalue weighted by Crippen LogP contribution is -2.46. The van der Waals surface area contributed by atoms with Gasteiger partial charge in [-0.15, -0.1) is 0 Å². The number of esters is 5. The van der Waals surface area contributed by atoms with Crippen molar-refractivity contribution in [1.29, 1.82) is 0 Å². The van der Waals surface area contributed by atoms with Gasteiger partial charge in [0.05, 0.1) is 53.9 Å². The number of rotatable bonds is 21. The van der Waals surface area contributed by atoms with Crippen molar-refractivity contribution in [3.8, 4) is 0 Å². The van der Waals surface area contributed by atoms with E-state index in [1.165, 1.54) is 74.8 Å². The van der Waals surface area contributed by atoms with Gasteiger partial charge in [-0.05, 0) is 172 Å². The van der Waals surface area contributed by atoms with Gasteiger partial charge in [0.1, 0.15) is 29.3 Å². The van der Waals surface area contributed by atoms with Gasteiger partial charge in [0, 0.05) is 99.0 Å². The topological polar surface area (TPSA) is 343 Å². The summed E-state index contributed by atoms with van der Waals surface area (Å²) in [6.45, 7) is 10.9. The van der Waals surface area contributed by atoms with Crippen LogP contribution in [0.5, 0.6) is 0 Å². The van der Waals surface area contributed by atoms with Gasteiger partial charge < -0.3 is 34.3 Å². The van der Waals surface area contributed by atoms with Gasteiger partial charge in [-0.25, -0.2) is 14.4 Å². The number of aromatic nitrogens is 3. The van der Waals surface area contributed by atoms with E-state index in [-0.39, 0.29) is 57.0 Å². The van der Waals surface area contributed by atoms with Crippen molar-refractivity contribution in [2.75, 3.05) is 21.3 Å². The molecule has 0 radical (unpaired) electrons. The number of nitrogens with two attached hydrogens (primary N) is 1. The molecule has 494 valence electrons. The van der Waals surface area contributed by atoms with Crippen LogP contribution in [0.3, 0.4) is 0 Å². The third-order valence-electron chi connectivity index (χ3n) is 12.4. The summed E-state index contributed by atoms with van der Waals surface area (Å²) in [5, 5.41) is 10.4. The SMILES string of the molecule is COC(=O)[C@@H](Cc1ccccn1)N(Cc1ccc(C(=O)OC(C)(C)C)c(Cl)c1)C(=O)c1ccc(Cl)cc1N=[N+]=[N-].COC(=O)[C@@H](Cc1ccccn1)NCc1ccc(C(=O)OC(C)(C)C)c(Cl)c1.COC(=O)[C@H](N)Cc1ccccn1.[N-]=[N+]=Nc1cc(Cl)ccc1C(=O)Cl. The fourth-order valence-electron chi connectivity index (χ4n) is 8.12. The molecule has 0 aliphatic carbocycles. The first-order valence-electron chi connectivity index (χ1n) is 28.2. The maximum absolute atomic E-state index is 14.0. The first kappa shape index (κ1) is 77.3. The Kier molecular flexibility index (Phi) is 31.3. The number of nitrogens with zero attached hydrogens (tertiary/aromatic N) is 10. The van der Waals surface area contributed by atoms with Crippen molar-refractivity contribution in [1.82, 2.24) is 25.2 Å². The molecule has 7 aromatic rings. The summed E-state index contributed by atoms with van der Waals surface area (Å²) in [5.74, 6) is -3.17. The second kappa shape index (κ2) is 38.1. The molecule has 3 heterocycles. The van der Waals surface area contributed by atoms with Gasteiger partial charge in [-0.3, -0.25) is 39.4 Å². The number of hydrogen-bond acceptors (Lipinski definition) is 19. The molecule has 7 rings (SSSR count). The highest BCUT2D eigenvalue weighted by Crippen LogP contribution is 2.30. The molecule has 3 atom stereocenters. The second-order valence-electron chi connectivity index (χ2n) is 21.7. The molecule has 29 heteroatoms. The molecule has 0 saturated carbocycles. The van der Waals surface area contributed by atoms with Gasteiger partial charge in [0.15, 0.2) is 0 Å². The molecule has 0 bridgehead atoms. The van der Waals surface area contributed by atoms with Crippen LogP contribution in [0, 0.1) is 0 Å². The van der Waals surface area contributed by atoms with Crippen LogP contribution < -0.4 is 11.1 Å². The highest BCUT2D eigenvalue weighted by atomic mass is 35.5. The number of carbonyl (C=O) groups is 7. The molecule has 0 saturated heterocycles. The first-order valence-corrected chi connectivity index (χ1v) is 30.1. The summed E-state index contributed by atoms with van der Waals surface area (Å²) in [5.41, 5.74) is 25.7. The normalized spacial score (nSPS) is 11.6. The average Bonchev–Trinajstić information content (AvgIpc) is 0.849. The van der Waals surface area contributed by atoms with Crippen molar-refractivity contribution in [2.24, 2.45) is 16.0 Å². The number of hydrogen-bond donors (Lipinski definition) is 2. The minimum atomic E-state index is -1.12. The van der Waals surface area contributed by atoms with E-state index in [9.17, 15) is 33.6 Å². The largest absolute Gasteiger partial charge is 0.468 e. The van der Waals surface area contributed by atoms with E-state index in [0.717, 1.165) is 17.0 Å². The smallest absolute Gasteiger partial charge is 0.340 e. The van der Waals surface area contributed by atoms with Crippen molar-refractivity contribution < 1.29 is 57.2 Å². The Morgan fingerprint density at radius 1 is 0.553 bits per heavy atom. The Hall–Kier alpha value is -9.19. The lowest BCUT2D eigenvalue weighted by atomic mass is 10.0. The highest BCUT2D eigenvalue weighted by Gasteiger charge is 2.34. The zero-order chi connectivity index (χ0) is 69.7. The maximum Gasteiger partial charge on any atom is 0.340 e. The van der Waals surface area contributed by atoms with Crippen molar-refractivity contribution in [3.05, 3.63) is 237 Å². The van der Waals surface area contributed by atoms with Gasteiger partial charge in [-0.1, -0.05) is 87.0 Å². The van der Waals surface area contributed by atoms with Crippen LogP contribution in [0.15, 0.2) is 156 Å². The fourth-order valence-corrected chi connectivity index (χ4v) is 9.17. The van der Waals surface area contributed by atoms with E-state index in [4.69, 9.17) is 93.7 Å². The van der Waals surface area contributed by atoms with Crippen LogP contribution in [-0.4, -0.2) is 112 Å². The van der Waals surface area contributed by atoms with Crippen LogP contribution in [-0.2, 0) is 70.4 Å². The Morgan fingerprint density at radius 2 is 0.979 bits per heavy atom. The summed E-state index contributed by atoms with van der Waals surface area (Å²) in [6, 6.07) is 32.1. The monoisotopic (exact) mass is 1380 g/mol. The zero-order valence-electron chi connectivity index (χ0n) is 52.5. The minimum Gasteiger partial charge on any atom is -0.468 e. The molecule has 24 nitrogen and oxygen atoms in total. The summed E-state index contributed by atoms with van der Waals surface area (Å²) in [6.07, 6.45) is 5.76. The molecular weight excluding hydrogens is 1320 g/mol. The Bertz CT molecular complexity index is 3850. The number of methoxy groups -OCH3 is 3. The fraction of sp³-hybridized carbons (Fsp3) is 0.292. The highest BCUT2D eigenvalue weighted by molar-refractivity contribution is 6.68. The molecule has 0 spiro atoms. The second-order valence-corrected chi connectivity index (χ2v) is 23.8. The third-order valence-corrected chi connectivity index (χ3v) is 13.7. The lowest BCUT2D eigenvalue weighted by Gasteiger charge is -2.31. The number of amides is 1. The summed E-state index contributed by atoms with van der Waals surface area (Å²) in [7, 11) is 3.89. The lowest BCUT2D eigenvalue weighted by molar-refractivity contribution is -0.146. The van der Waals surface area contributed by atoms with Gasteiger partial charge >= 0.3 is 29.8 Å². The molecule has 3 aromatic heterocycles. The third kappa shape index (κ3) is 26.1. The van der Waals surface area contributed by atoms with Gasteiger partial charge in [0.25, 0.3) is 11.1 Å². The summed E-state index contributed by atoms with van der Waals surface area (Å²) >= 11 is 29.6. The summed E-state index contributed by atoms with van der Waals surface area (Å²) in [4.78, 5) is 105. The van der Waals surface area contributed by atoms with Crippen LogP contribution >= 0.6 is 58.0 Å². The quantitative estimate of drug-likeness (QED) is 0.0168. The predicted molar refractivity (Wildman–Crippen MR) is 356 cm³/mol. The Labute approximate surface area is 567 Å². The molecule has 94 heavy (non-hydrogen) atoms. The predicted octanol–water partition coefficient (Wildman–Crippen LogP) is 14.1. The first-order chi connectivity index (χ1) is 44.5. The van der Waals surface area contributed by atoms with Crippen molar-refractivity contribution in [3.63, 3.8) is 0 Å². The number of halogens is 5. The zero-order valence-corrected chi connectivity index (χ0v) is 56.2. The van der Waals surface area contributed by atoms with E-state index in [1.807, 2.05) is 36.4 Å². The molecule has 0 aliphatic heterocycles. The van der Waals surface area contributed by atoms with E-state index < -0.39 is 64.4 Å². The standard InChI is InChI=1S/C28H27Cl2N5O5.C21H25ClN2O4.C9H12N2O2.C7H3Cl2N3O/c1-28(2,3)40-26(37)20-10-8-17(13-22(20)30)16-35(24(27(38)39-4)15-19-7-5-6-12-32-19)25(36)21-11-9-18(29)14-23(21)33-34-31;1-21(2,3)28-19(25)16-9-8-14(11-17(16)22)13-24-18(20(26)27-4)12-15-7-5-6-10-23-15;1-13-9(12)8(10)6-7-4-2-3-5-11-7;8-4-1-2-5(7(9)13)6(3-4)11-12-10/h5-14,24H,15-16H2,1-4H3;5-11,18,24H,12-13H2,1-4H3;2-5,8H,6,10H2,1H3;1-3H/t24-;18-;8-;/m111./s1. The van der Waals surface area contributed by atoms with Gasteiger partial charge in [-0.2, -0.15) is 0 Å². The molecule has 0 aliphatic rings. The van der Waals surface area contributed by atoms with Crippen LogP contribution in [0.1, 0.15) is 111 Å². The number of nitrogens with one attached hydrogen (secondary N) is 1. The van der Waals surface area contributed by atoms with Crippen LogP contribution in [0.2, 0.25) is 20.1 Å². The number of azide groups is 2. The number of benzene rings is 4. The van der Waals surface area contributed by atoms with E-state index >= 15 is 0 Å². The molecule has 4 aromatic carbocycles. The Morgan fingerprint density at radius 3 is 1.40 bits per heavy atom. The van der Waals surface area contributed by atoms with Gasteiger partial charge in [0.2, 0.25) is 0 Å². The molecular formula is C65H67Cl5N12O12. The maximum atomic E-state index is 14.0. The van der Waals surface area contributed by atoms with E-state index in [0.29, 0.717) is 46.3 Å².